The molecule has 7 nitrogen and oxygen atoms in total. The Morgan fingerprint density at radius 1 is 1.00 bits per heavy atom. The number of benzene rings is 2. The zero-order valence-corrected chi connectivity index (χ0v) is 15.4. The number of carbonyl (C=O) groups excluding carboxylic acids is 1. The van der Waals surface area contributed by atoms with E-state index < -0.39 is 16.1 Å². The van der Waals surface area contributed by atoms with Crippen LogP contribution in [0.15, 0.2) is 59.5 Å². The van der Waals surface area contributed by atoms with E-state index in [4.69, 9.17) is 9.47 Å². The molecule has 0 spiro atoms. The molecule has 2 bridgehead atoms. The van der Waals surface area contributed by atoms with Gasteiger partial charge in [0.1, 0.15) is 5.75 Å². The number of nitrogens with one attached hydrogen (secondary N) is 1. The smallest absolute Gasteiger partial charge is 0.410 e. The minimum absolute atomic E-state index is 0.00720. The fourth-order valence-electron chi connectivity index (χ4n) is 3.37. The highest BCUT2D eigenvalue weighted by Gasteiger charge is 2.39. The van der Waals surface area contributed by atoms with Gasteiger partial charge in [0.25, 0.3) is 0 Å². The van der Waals surface area contributed by atoms with E-state index in [0.29, 0.717) is 24.5 Å². The van der Waals surface area contributed by atoms with E-state index in [2.05, 4.69) is 5.32 Å². The molecule has 2 fully saturated rings. The van der Waals surface area contributed by atoms with Gasteiger partial charge in [0, 0.05) is 18.8 Å². The van der Waals surface area contributed by atoms with E-state index >= 15 is 0 Å². The second-order valence-corrected chi connectivity index (χ2v) is 8.57. The first-order valence-electron chi connectivity index (χ1n) is 8.80. The Morgan fingerprint density at radius 3 is 2.26 bits per heavy atom. The summed E-state index contributed by atoms with van der Waals surface area (Å²) in [7, 11) is -3.57. The SMILES string of the molecule is O=C(Nc1ccc(S(=O)(=O)N2CC3CCC(C2)O3)cc1)Oc1ccccc1. The van der Waals surface area contributed by atoms with Crippen molar-refractivity contribution in [3.8, 4) is 5.75 Å². The maximum absolute atomic E-state index is 12.8. The molecule has 4 rings (SSSR count). The summed E-state index contributed by atoms with van der Waals surface area (Å²) < 4.78 is 38.0. The molecule has 2 atom stereocenters. The number of nitrogens with zero attached hydrogens (tertiary/aromatic N) is 1. The Hall–Kier alpha value is -2.42. The fourth-order valence-corrected chi connectivity index (χ4v) is 4.88. The van der Waals surface area contributed by atoms with Crippen LogP contribution in [0.1, 0.15) is 12.8 Å². The summed E-state index contributed by atoms with van der Waals surface area (Å²) >= 11 is 0. The van der Waals surface area contributed by atoms with E-state index in [0.717, 1.165) is 12.8 Å². The topological polar surface area (TPSA) is 84.9 Å². The molecular formula is C19H20N2O5S. The first-order valence-corrected chi connectivity index (χ1v) is 10.2. The van der Waals surface area contributed by atoms with Gasteiger partial charge in [-0.1, -0.05) is 18.2 Å². The van der Waals surface area contributed by atoms with Gasteiger partial charge in [0.15, 0.2) is 0 Å². The van der Waals surface area contributed by atoms with Crippen molar-refractivity contribution in [3.05, 3.63) is 54.6 Å². The molecule has 2 heterocycles. The van der Waals surface area contributed by atoms with E-state index in [1.54, 1.807) is 36.4 Å². The zero-order valence-electron chi connectivity index (χ0n) is 14.6. The first-order chi connectivity index (χ1) is 13.0. The summed E-state index contributed by atoms with van der Waals surface area (Å²) in [5.41, 5.74) is 0.455. The molecule has 8 heteroatoms. The number of morpholine rings is 1. The molecule has 2 aliphatic heterocycles. The zero-order chi connectivity index (χ0) is 18.9. The molecular weight excluding hydrogens is 368 g/mol. The van der Waals surface area contributed by atoms with Crippen molar-refractivity contribution in [2.24, 2.45) is 0 Å². The van der Waals surface area contributed by atoms with Crippen LogP contribution in [0.4, 0.5) is 10.5 Å². The van der Waals surface area contributed by atoms with Crippen molar-refractivity contribution in [3.63, 3.8) is 0 Å². The average molecular weight is 388 g/mol. The van der Waals surface area contributed by atoms with Crippen LogP contribution in [0.2, 0.25) is 0 Å². The number of hydrogen-bond acceptors (Lipinski definition) is 5. The van der Waals surface area contributed by atoms with Gasteiger partial charge in [0.05, 0.1) is 17.1 Å². The largest absolute Gasteiger partial charge is 0.417 e. The third-order valence-corrected chi connectivity index (χ3v) is 6.55. The fraction of sp³-hybridized carbons (Fsp3) is 0.316. The van der Waals surface area contributed by atoms with Gasteiger partial charge < -0.3 is 9.47 Å². The summed E-state index contributed by atoms with van der Waals surface area (Å²) in [6, 6.07) is 14.8. The number of fused-ring (bicyclic) bond motifs is 2. The molecule has 142 valence electrons. The molecule has 2 unspecified atom stereocenters. The molecule has 0 aliphatic carbocycles. The average Bonchev–Trinajstić information content (AvgIpc) is 3.00. The van der Waals surface area contributed by atoms with Crippen molar-refractivity contribution in [1.82, 2.24) is 4.31 Å². The maximum atomic E-state index is 12.8. The molecule has 0 saturated carbocycles. The highest BCUT2D eigenvalue weighted by molar-refractivity contribution is 7.89. The molecule has 2 aliphatic rings. The second-order valence-electron chi connectivity index (χ2n) is 6.63. The lowest BCUT2D eigenvalue weighted by molar-refractivity contribution is -0.0114. The van der Waals surface area contributed by atoms with E-state index in [1.807, 2.05) is 6.07 Å². The normalized spacial score (nSPS) is 22.4. The van der Waals surface area contributed by atoms with Crippen molar-refractivity contribution in [1.29, 1.82) is 0 Å². The Bertz CT molecular complexity index is 903. The van der Waals surface area contributed by atoms with Gasteiger partial charge in [-0.2, -0.15) is 4.31 Å². The maximum Gasteiger partial charge on any atom is 0.417 e. The standard InChI is InChI=1S/C19H20N2O5S/c22-19(26-15-4-2-1-3-5-15)20-14-6-10-18(11-7-14)27(23,24)21-12-16-8-9-17(13-21)25-16/h1-7,10-11,16-17H,8-9,12-13H2,(H,20,22). The summed E-state index contributed by atoms with van der Waals surface area (Å²) in [5.74, 6) is 0.427. The van der Waals surface area contributed by atoms with Crippen molar-refractivity contribution in [2.75, 3.05) is 18.4 Å². The van der Waals surface area contributed by atoms with Crippen molar-refractivity contribution < 1.29 is 22.7 Å². The number of sulfonamides is 1. The van der Waals surface area contributed by atoms with Crippen LogP contribution in [0.5, 0.6) is 5.75 Å². The Morgan fingerprint density at radius 2 is 1.63 bits per heavy atom. The number of rotatable bonds is 4. The summed E-state index contributed by atoms with van der Waals surface area (Å²) in [6.45, 7) is 0.782. The van der Waals surface area contributed by atoms with Crippen LogP contribution in [0.3, 0.4) is 0 Å². The van der Waals surface area contributed by atoms with Gasteiger partial charge >= 0.3 is 6.09 Å². The lowest BCUT2D eigenvalue weighted by atomic mass is 10.2. The van der Waals surface area contributed by atoms with Crippen molar-refractivity contribution >= 4 is 21.8 Å². The van der Waals surface area contributed by atoms with Gasteiger partial charge in [-0.05, 0) is 49.2 Å². The lowest BCUT2D eigenvalue weighted by Crippen LogP contribution is -2.45. The predicted molar refractivity (Wildman–Crippen MR) is 99.2 cm³/mol. The molecule has 1 amide bonds. The Balaban J connectivity index is 1.41. The molecule has 1 N–H and O–H groups in total. The Kier molecular flexibility index (Phi) is 4.86. The molecule has 2 aromatic carbocycles. The van der Waals surface area contributed by atoms with Gasteiger partial charge in [0.2, 0.25) is 10.0 Å². The van der Waals surface area contributed by atoms with Crippen LogP contribution in [0.25, 0.3) is 0 Å². The predicted octanol–water partition coefficient (Wildman–Crippen LogP) is 2.85. The molecule has 0 aromatic heterocycles. The summed E-state index contributed by atoms with van der Waals surface area (Å²) in [5, 5.41) is 2.58. The van der Waals surface area contributed by atoms with Crippen LogP contribution in [-0.4, -0.2) is 44.1 Å². The molecule has 0 radical (unpaired) electrons. The monoisotopic (exact) mass is 388 g/mol. The third-order valence-electron chi connectivity index (χ3n) is 4.70. The van der Waals surface area contributed by atoms with E-state index in [-0.39, 0.29) is 17.1 Å². The van der Waals surface area contributed by atoms with E-state index in [9.17, 15) is 13.2 Å². The third kappa shape index (κ3) is 3.97. The first kappa shape index (κ1) is 18.0. The number of para-hydroxylation sites is 1. The van der Waals surface area contributed by atoms with Gasteiger partial charge in [-0.25, -0.2) is 13.2 Å². The number of amides is 1. The Labute approximate surface area is 157 Å². The van der Waals surface area contributed by atoms with Crippen molar-refractivity contribution in [2.45, 2.75) is 29.9 Å². The highest BCUT2D eigenvalue weighted by atomic mass is 32.2. The number of anilines is 1. The molecule has 2 saturated heterocycles. The highest BCUT2D eigenvalue weighted by Crippen LogP contribution is 2.30. The molecule has 27 heavy (non-hydrogen) atoms. The number of ether oxygens (including phenoxy) is 2. The quantitative estimate of drug-likeness (QED) is 0.871. The number of carbonyl (C=O) groups is 1. The van der Waals surface area contributed by atoms with E-state index in [1.165, 1.54) is 16.4 Å². The second kappa shape index (κ2) is 7.30. The minimum Gasteiger partial charge on any atom is -0.410 e. The lowest BCUT2D eigenvalue weighted by Gasteiger charge is -2.31. The van der Waals surface area contributed by atoms with Crippen LogP contribution < -0.4 is 10.1 Å². The molecule has 2 aromatic rings. The summed E-state index contributed by atoms with van der Waals surface area (Å²) in [4.78, 5) is 12.1. The van der Waals surface area contributed by atoms with Gasteiger partial charge in [-0.15, -0.1) is 0 Å². The minimum atomic E-state index is -3.57. The number of hydrogen-bond donors (Lipinski definition) is 1. The van der Waals surface area contributed by atoms with Gasteiger partial charge in [-0.3, -0.25) is 5.32 Å². The van der Waals surface area contributed by atoms with Crippen LogP contribution in [-0.2, 0) is 14.8 Å². The van der Waals surface area contributed by atoms with Crippen LogP contribution >= 0.6 is 0 Å². The van der Waals surface area contributed by atoms with Crippen LogP contribution in [0, 0.1) is 0 Å². The summed E-state index contributed by atoms with van der Waals surface area (Å²) in [6.07, 6.45) is 1.16.